The van der Waals surface area contributed by atoms with E-state index in [0.717, 1.165) is 40.7 Å². The highest BCUT2D eigenvalue weighted by Gasteiger charge is 2.44. The van der Waals surface area contributed by atoms with Gasteiger partial charge < -0.3 is 19.9 Å². The molecule has 5 rings (SSSR count). The second-order valence-corrected chi connectivity index (χ2v) is 9.38. The Balaban J connectivity index is 1.63. The highest BCUT2D eigenvalue weighted by molar-refractivity contribution is 7.80. The Morgan fingerprint density at radius 2 is 1.91 bits per heavy atom. The highest BCUT2D eigenvalue weighted by Crippen LogP contribution is 2.44. The summed E-state index contributed by atoms with van der Waals surface area (Å²) in [5, 5.41) is 13.8. The molecule has 1 saturated heterocycles. The molecule has 7 heteroatoms. The van der Waals surface area contributed by atoms with Gasteiger partial charge in [0.2, 0.25) is 0 Å². The molecule has 1 aliphatic heterocycles. The summed E-state index contributed by atoms with van der Waals surface area (Å²) in [4.78, 5) is 18.6. The van der Waals surface area contributed by atoms with Crippen molar-refractivity contribution < 1.29 is 9.90 Å². The van der Waals surface area contributed by atoms with Crippen molar-refractivity contribution >= 4 is 23.3 Å². The van der Waals surface area contributed by atoms with Crippen LogP contribution in [0.25, 0.3) is 5.69 Å². The van der Waals surface area contributed by atoms with Crippen LogP contribution in [0.4, 0.5) is 0 Å². The maximum Gasteiger partial charge on any atom is 0.335 e. The molecule has 2 N–H and O–H groups in total. The van der Waals surface area contributed by atoms with Crippen LogP contribution in [-0.4, -0.2) is 36.7 Å². The van der Waals surface area contributed by atoms with Crippen LogP contribution in [0.1, 0.15) is 70.8 Å². The van der Waals surface area contributed by atoms with Gasteiger partial charge in [0.15, 0.2) is 5.11 Å². The van der Waals surface area contributed by atoms with Gasteiger partial charge in [0.1, 0.15) is 0 Å². The third kappa shape index (κ3) is 3.80. The molecular formula is C26H28N4O2S. The van der Waals surface area contributed by atoms with Crippen molar-refractivity contribution in [3.8, 4) is 5.69 Å². The van der Waals surface area contributed by atoms with E-state index in [4.69, 9.17) is 12.2 Å². The average Bonchev–Trinajstić information content (AvgIpc) is 3.52. The summed E-state index contributed by atoms with van der Waals surface area (Å²) in [7, 11) is 0. The van der Waals surface area contributed by atoms with Crippen molar-refractivity contribution in [1.29, 1.82) is 0 Å². The molecule has 33 heavy (non-hydrogen) atoms. The third-order valence-corrected chi connectivity index (χ3v) is 7.32. The molecule has 3 aromatic rings. The topological polar surface area (TPSA) is 70.4 Å². The normalized spacial score (nSPS) is 20.9. The zero-order valence-electron chi connectivity index (χ0n) is 18.9. The molecule has 2 fully saturated rings. The molecule has 3 heterocycles. The van der Waals surface area contributed by atoms with E-state index in [2.05, 4.69) is 45.7 Å². The van der Waals surface area contributed by atoms with Crippen LogP contribution in [0.3, 0.4) is 0 Å². The van der Waals surface area contributed by atoms with E-state index in [0.29, 0.717) is 6.04 Å². The molecule has 1 aliphatic carbocycles. The summed E-state index contributed by atoms with van der Waals surface area (Å²) in [6, 6.07) is 15.7. The molecule has 1 saturated carbocycles. The number of benzene rings is 1. The Kier molecular flexibility index (Phi) is 5.66. The van der Waals surface area contributed by atoms with Crippen LogP contribution >= 0.6 is 12.2 Å². The number of carboxylic acid groups (broad SMARTS) is 1. The molecule has 0 radical (unpaired) electrons. The number of carbonyl (C=O) groups is 1. The van der Waals surface area contributed by atoms with Gasteiger partial charge in [0, 0.05) is 29.3 Å². The van der Waals surface area contributed by atoms with Gasteiger partial charge in [-0.25, -0.2) is 4.79 Å². The zero-order chi connectivity index (χ0) is 23.1. The van der Waals surface area contributed by atoms with Crippen LogP contribution in [0.2, 0.25) is 0 Å². The minimum atomic E-state index is -0.924. The predicted molar refractivity (Wildman–Crippen MR) is 132 cm³/mol. The molecule has 170 valence electrons. The Labute approximate surface area is 199 Å². The van der Waals surface area contributed by atoms with Gasteiger partial charge in [0.25, 0.3) is 0 Å². The van der Waals surface area contributed by atoms with Gasteiger partial charge in [-0.05, 0) is 80.9 Å². The summed E-state index contributed by atoms with van der Waals surface area (Å²) < 4.78 is 2.14. The molecule has 2 aliphatic rings. The van der Waals surface area contributed by atoms with Gasteiger partial charge in [-0.15, -0.1) is 0 Å². The number of nitrogens with zero attached hydrogens (tertiary/aromatic N) is 3. The molecule has 0 bridgehead atoms. The maximum atomic E-state index is 11.5. The fraction of sp³-hybridized carbons (Fsp3) is 0.346. The lowest BCUT2D eigenvalue weighted by atomic mass is 9.95. The number of aryl methyl sites for hydroxylation is 1. The van der Waals surface area contributed by atoms with E-state index >= 15 is 0 Å². The van der Waals surface area contributed by atoms with Crippen molar-refractivity contribution in [1.82, 2.24) is 19.8 Å². The van der Waals surface area contributed by atoms with Crippen molar-refractivity contribution in [3.63, 3.8) is 0 Å². The minimum Gasteiger partial charge on any atom is -0.478 e. The van der Waals surface area contributed by atoms with Crippen LogP contribution in [0, 0.1) is 13.8 Å². The first-order chi connectivity index (χ1) is 16.0. The van der Waals surface area contributed by atoms with E-state index in [1.165, 1.54) is 18.4 Å². The molecule has 2 atom stereocenters. The fourth-order valence-electron chi connectivity index (χ4n) is 5.54. The predicted octanol–water partition coefficient (Wildman–Crippen LogP) is 5.10. The van der Waals surface area contributed by atoms with Crippen LogP contribution in [0.5, 0.6) is 0 Å². The Morgan fingerprint density at radius 1 is 1.12 bits per heavy atom. The number of pyridine rings is 1. The average molecular weight is 461 g/mol. The molecule has 0 amide bonds. The lowest BCUT2D eigenvalue weighted by molar-refractivity contribution is 0.0697. The van der Waals surface area contributed by atoms with Crippen LogP contribution < -0.4 is 5.32 Å². The van der Waals surface area contributed by atoms with Crippen molar-refractivity contribution in [2.75, 3.05) is 0 Å². The minimum absolute atomic E-state index is 0.0260. The molecule has 0 unspecified atom stereocenters. The number of hydrogen-bond donors (Lipinski definition) is 2. The van der Waals surface area contributed by atoms with E-state index < -0.39 is 5.97 Å². The first-order valence-electron chi connectivity index (χ1n) is 11.5. The number of aromatic nitrogens is 2. The summed E-state index contributed by atoms with van der Waals surface area (Å²) >= 11 is 5.87. The number of carboxylic acids is 1. The van der Waals surface area contributed by atoms with Crippen molar-refractivity contribution in [3.05, 3.63) is 82.9 Å². The monoisotopic (exact) mass is 460 g/mol. The smallest absolute Gasteiger partial charge is 0.335 e. The third-order valence-electron chi connectivity index (χ3n) is 6.99. The molecule has 2 aromatic heterocycles. The summed E-state index contributed by atoms with van der Waals surface area (Å²) in [6.07, 6.45) is 6.58. The van der Waals surface area contributed by atoms with Crippen LogP contribution in [-0.2, 0) is 0 Å². The first-order valence-corrected chi connectivity index (χ1v) is 11.9. The van der Waals surface area contributed by atoms with E-state index in [9.17, 15) is 9.90 Å². The van der Waals surface area contributed by atoms with E-state index in [-0.39, 0.29) is 17.6 Å². The Bertz CT molecular complexity index is 1200. The number of hydrogen-bond acceptors (Lipinski definition) is 3. The first kappa shape index (κ1) is 21.6. The number of thiocarbonyl (C=S) groups is 1. The van der Waals surface area contributed by atoms with Gasteiger partial charge in [-0.2, -0.15) is 0 Å². The van der Waals surface area contributed by atoms with Gasteiger partial charge >= 0.3 is 5.97 Å². The summed E-state index contributed by atoms with van der Waals surface area (Å²) in [6.45, 7) is 4.18. The fourth-order valence-corrected chi connectivity index (χ4v) is 5.93. The molecular weight excluding hydrogens is 432 g/mol. The second-order valence-electron chi connectivity index (χ2n) is 8.99. The molecule has 6 nitrogen and oxygen atoms in total. The summed E-state index contributed by atoms with van der Waals surface area (Å²) in [5.41, 5.74) is 5.46. The zero-order valence-corrected chi connectivity index (χ0v) is 19.7. The Hall–Kier alpha value is -3.19. The Morgan fingerprint density at radius 3 is 2.61 bits per heavy atom. The van der Waals surface area contributed by atoms with Crippen LogP contribution in [0.15, 0.2) is 54.7 Å². The van der Waals surface area contributed by atoms with Crippen molar-refractivity contribution in [2.45, 2.75) is 57.7 Å². The number of nitrogens with one attached hydrogen (secondary N) is 1. The number of aromatic carboxylic acids is 1. The lowest BCUT2D eigenvalue weighted by Gasteiger charge is -2.33. The number of rotatable bonds is 5. The van der Waals surface area contributed by atoms with E-state index in [1.54, 1.807) is 18.2 Å². The second kappa shape index (κ2) is 8.63. The van der Waals surface area contributed by atoms with Gasteiger partial charge in [-0.3, -0.25) is 4.98 Å². The SMILES string of the molecule is Cc1cc([C@H]2[C@H](c3ccccn3)NC(=S)N2C2CCCC2)c(C)n1-c1cccc(C(=O)O)c1. The highest BCUT2D eigenvalue weighted by atomic mass is 32.1. The molecule has 0 spiro atoms. The standard InChI is InChI=1S/C26H28N4O2S/c1-16-14-21(17(2)29(16)20-11-7-8-18(15-20)25(31)32)24-23(22-12-5-6-13-27-22)28-26(33)30(24)19-9-3-4-10-19/h5-8,11-15,19,23-24H,3-4,9-10H2,1-2H3,(H,28,33)(H,31,32)/t23-,24-/m0/s1. The van der Waals surface area contributed by atoms with Gasteiger partial charge in [0.05, 0.1) is 23.3 Å². The van der Waals surface area contributed by atoms with Crippen molar-refractivity contribution in [2.24, 2.45) is 0 Å². The largest absolute Gasteiger partial charge is 0.478 e. The molecule has 1 aromatic carbocycles. The summed E-state index contributed by atoms with van der Waals surface area (Å²) in [5.74, 6) is -0.924. The van der Waals surface area contributed by atoms with Gasteiger partial charge in [-0.1, -0.05) is 25.0 Å². The lowest BCUT2D eigenvalue weighted by Crippen LogP contribution is -2.37. The van der Waals surface area contributed by atoms with E-state index in [1.807, 2.05) is 24.4 Å². The quantitative estimate of drug-likeness (QED) is 0.516. The maximum absolute atomic E-state index is 11.5.